The Labute approximate surface area is 255 Å². The molecule has 2 atom stereocenters. The molecule has 4 heterocycles. The molecule has 6 rings (SSSR count). The van der Waals surface area contributed by atoms with Crippen molar-refractivity contribution >= 4 is 39.3 Å². The highest BCUT2D eigenvalue weighted by Crippen LogP contribution is 2.31. The summed E-state index contributed by atoms with van der Waals surface area (Å²) in [4.78, 5) is 19.2. The molecule has 2 aromatic carbocycles. The zero-order valence-electron chi connectivity index (χ0n) is 26.8. The number of hydrogen-bond donors (Lipinski definition) is 0. The van der Waals surface area contributed by atoms with E-state index >= 15 is 0 Å². The summed E-state index contributed by atoms with van der Waals surface area (Å²) in [6.45, 7) is 17.7. The highest BCUT2D eigenvalue weighted by molar-refractivity contribution is 6.03. The maximum Gasteiger partial charge on any atom is 0.414 e. The van der Waals surface area contributed by atoms with Crippen LogP contribution in [-0.4, -0.2) is 55.0 Å². The van der Waals surface area contributed by atoms with Gasteiger partial charge >= 0.3 is 6.09 Å². The Morgan fingerprint density at radius 3 is 2.07 bits per heavy atom. The quantitative estimate of drug-likeness (QED) is 0.245. The molecule has 0 spiro atoms. The first kappa shape index (κ1) is 30.5. The number of fused-ring (bicyclic) bond motifs is 2. The van der Waals surface area contributed by atoms with E-state index in [4.69, 9.17) is 9.73 Å². The van der Waals surface area contributed by atoms with Crippen molar-refractivity contribution in [3.05, 3.63) is 66.0 Å². The minimum atomic E-state index is -0.505. The number of benzene rings is 2. The number of aromatic nitrogens is 4. The zero-order valence-corrected chi connectivity index (χ0v) is 26.8. The highest BCUT2D eigenvalue weighted by atomic mass is 16.6. The van der Waals surface area contributed by atoms with E-state index in [-0.39, 0.29) is 6.09 Å². The molecule has 0 N–H and O–H groups in total. The van der Waals surface area contributed by atoms with E-state index in [2.05, 4.69) is 80.4 Å². The third-order valence-corrected chi connectivity index (χ3v) is 8.09. The van der Waals surface area contributed by atoms with Gasteiger partial charge in [0.15, 0.2) is 0 Å². The van der Waals surface area contributed by atoms with Crippen LogP contribution < -0.4 is 0 Å². The zero-order chi connectivity index (χ0) is 30.7. The maximum atomic E-state index is 12.7. The van der Waals surface area contributed by atoms with Gasteiger partial charge in [0, 0.05) is 42.7 Å². The number of rotatable bonds is 4. The maximum absolute atomic E-state index is 12.7. The fourth-order valence-corrected chi connectivity index (χ4v) is 5.74. The van der Waals surface area contributed by atoms with Gasteiger partial charge in [-0.25, -0.2) is 4.79 Å². The van der Waals surface area contributed by atoms with E-state index in [1.807, 2.05) is 42.5 Å². The molecule has 228 valence electrons. The first-order valence-corrected chi connectivity index (χ1v) is 15.7. The predicted octanol–water partition coefficient (Wildman–Crippen LogP) is 7.95. The van der Waals surface area contributed by atoms with Gasteiger partial charge in [-0.1, -0.05) is 32.1 Å². The Hall–Kier alpha value is -3.94. The topological polar surface area (TPSA) is 77.5 Å². The Morgan fingerprint density at radius 2 is 1.51 bits per heavy atom. The van der Waals surface area contributed by atoms with Crippen LogP contribution in [0.15, 0.2) is 59.9 Å². The standard InChI is InChI=1S/C20H27N3O2.C15H19N3/c1-6-23-18-10-8-15(11-16(18)12-21-23)17-9-7-14(2)13-22(17)19(24)25-20(3,4)5;1-3-18-15-7-5-12(8-13(15)10-17-18)14-6-4-11(2)9-16-14/h8-12,14H,6-7,13H2,1-5H3;5,7-8,10-11H,3-4,6,9H2,1-2H3/t14-;11-/m00/s1. The van der Waals surface area contributed by atoms with Crippen molar-refractivity contribution in [1.29, 1.82) is 0 Å². The summed E-state index contributed by atoms with van der Waals surface area (Å²) < 4.78 is 9.62. The van der Waals surface area contributed by atoms with Gasteiger partial charge in [0.05, 0.1) is 29.1 Å². The Kier molecular flexibility index (Phi) is 9.04. The molecule has 4 aromatic rings. The monoisotopic (exact) mass is 582 g/mol. The Bertz CT molecular complexity index is 1650. The van der Waals surface area contributed by atoms with Crippen molar-refractivity contribution in [2.75, 3.05) is 13.1 Å². The average Bonchev–Trinajstić information content (AvgIpc) is 3.60. The second-order valence-electron chi connectivity index (χ2n) is 12.9. The second kappa shape index (κ2) is 12.7. The van der Waals surface area contributed by atoms with Gasteiger partial charge in [0.2, 0.25) is 0 Å². The van der Waals surface area contributed by atoms with Crippen molar-refractivity contribution in [3.63, 3.8) is 0 Å². The summed E-state index contributed by atoms with van der Waals surface area (Å²) in [6.07, 6.45) is 9.01. The molecular formula is C35H46N6O2. The third kappa shape index (κ3) is 7.00. The summed E-state index contributed by atoms with van der Waals surface area (Å²) in [7, 11) is 0. The molecular weight excluding hydrogens is 536 g/mol. The minimum Gasteiger partial charge on any atom is -0.443 e. The molecule has 0 bridgehead atoms. The molecule has 0 fully saturated rings. The van der Waals surface area contributed by atoms with Crippen molar-refractivity contribution in [2.45, 2.75) is 86.4 Å². The van der Waals surface area contributed by atoms with Crippen LogP contribution in [0.4, 0.5) is 4.79 Å². The molecule has 0 saturated heterocycles. The van der Waals surface area contributed by atoms with Gasteiger partial charge in [0.25, 0.3) is 0 Å². The average molecular weight is 583 g/mol. The van der Waals surface area contributed by atoms with Crippen LogP contribution in [0.3, 0.4) is 0 Å². The largest absolute Gasteiger partial charge is 0.443 e. The second-order valence-corrected chi connectivity index (χ2v) is 12.9. The van der Waals surface area contributed by atoms with E-state index in [1.165, 1.54) is 28.6 Å². The van der Waals surface area contributed by atoms with Crippen molar-refractivity contribution < 1.29 is 9.53 Å². The molecule has 2 aliphatic rings. The van der Waals surface area contributed by atoms with Gasteiger partial charge in [-0.05, 0) is 101 Å². The van der Waals surface area contributed by atoms with Crippen LogP contribution in [0.25, 0.3) is 27.5 Å². The molecule has 0 unspecified atom stereocenters. The molecule has 2 aromatic heterocycles. The Morgan fingerprint density at radius 1 is 0.907 bits per heavy atom. The number of ether oxygens (including phenoxy) is 1. The van der Waals surface area contributed by atoms with Gasteiger partial charge in [-0.15, -0.1) is 0 Å². The smallest absolute Gasteiger partial charge is 0.414 e. The predicted molar refractivity (Wildman–Crippen MR) is 175 cm³/mol. The van der Waals surface area contributed by atoms with Crippen molar-refractivity contribution in [1.82, 2.24) is 24.5 Å². The molecule has 43 heavy (non-hydrogen) atoms. The summed E-state index contributed by atoms with van der Waals surface area (Å²) in [5, 5.41) is 11.1. The lowest BCUT2D eigenvalue weighted by Gasteiger charge is -2.34. The van der Waals surface area contributed by atoms with Crippen LogP contribution >= 0.6 is 0 Å². The van der Waals surface area contributed by atoms with Crippen LogP contribution in [0, 0.1) is 11.8 Å². The van der Waals surface area contributed by atoms with Crippen molar-refractivity contribution in [3.8, 4) is 0 Å². The molecule has 8 heteroatoms. The number of carbonyl (C=O) groups excluding carboxylic acids is 1. The van der Waals surface area contributed by atoms with Gasteiger partial charge in [-0.3, -0.25) is 19.3 Å². The van der Waals surface area contributed by atoms with Gasteiger partial charge < -0.3 is 4.74 Å². The van der Waals surface area contributed by atoms with Crippen LogP contribution in [0.5, 0.6) is 0 Å². The first-order valence-electron chi connectivity index (χ1n) is 15.7. The lowest BCUT2D eigenvalue weighted by atomic mass is 9.95. The summed E-state index contributed by atoms with van der Waals surface area (Å²) in [5.41, 5.74) is 6.31. The number of allylic oxidation sites excluding steroid dienone is 1. The number of amides is 1. The molecule has 8 nitrogen and oxygen atoms in total. The molecule has 0 radical (unpaired) electrons. The number of hydrogen-bond acceptors (Lipinski definition) is 5. The van der Waals surface area contributed by atoms with E-state index in [0.29, 0.717) is 12.5 Å². The van der Waals surface area contributed by atoms with E-state index in [1.54, 1.807) is 4.90 Å². The van der Waals surface area contributed by atoms with Crippen LogP contribution in [-0.2, 0) is 17.8 Å². The fraction of sp³-hybridized carbons (Fsp3) is 0.486. The third-order valence-electron chi connectivity index (χ3n) is 8.09. The summed E-state index contributed by atoms with van der Waals surface area (Å²) >= 11 is 0. The number of nitrogens with zero attached hydrogens (tertiary/aromatic N) is 6. The minimum absolute atomic E-state index is 0.283. The fourth-order valence-electron chi connectivity index (χ4n) is 5.74. The number of aliphatic imine (C=N–C) groups is 1. The van der Waals surface area contributed by atoms with E-state index in [0.717, 1.165) is 60.6 Å². The molecule has 1 amide bonds. The summed E-state index contributed by atoms with van der Waals surface area (Å²) in [6, 6.07) is 12.8. The molecule has 0 aliphatic carbocycles. The number of aryl methyl sites for hydroxylation is 2. The van der Waals surface area contributed by atoms with Crippen LogP contribution in [0.2, 0.25) is 0 Å². The van der Waals surface area contributed by atoms with Gasteiger partial charge in [0.1, 0.15) is 5.60 Å². The lowest BCUT2D eigenvalue weighted by Crippen LogP contribution is -2.39. The van der Waals surface area contributed by atoms with E-state index in [9.17, 15) is 4.79 Å². The van der Waals surface area contributed by atoms with Gasteiger partial charge in [-0.2, -0.15) is 10.2 Å². The Balaban J connectivity index is 0.000000180. The molecule has 0 saturated carbocycles. The van der Waals surface area contributed by atoms with E-state index < -0.39 is 5.60 Å². The SMILES string of the molecule is CCn1ncc2cc(C3=CC[C@H](C)CN3C(=O)OC(C)(C)C)ccc21.CCn1ncc2cc(C3=NC[C@@H](C)CC3)ccc21. The highest BCUT2D eigenvalue weighted by Gasteiger charge is 2.29. The lowest BCUT2D eigenvalue weighted by molar-refractivity contribution is 0.0327. The normalized spacial score (nSPS) is 19.1. The van der Waals surface area contributed by atoms with Crippen LogP contribution in [0.1, 0.15) is 78.9 Å². The summed E-state index contributed by atoms with van der Waals surface area (Å²) in [5.74, 6) is 1.16. The van der Waals surface area contributed by atoms with Crippen molar-refractivity contribution in [2.24, 2.45) is 16.8 Å². The number of carbonyl (C=O) groups is 1. The molecule has 2 aliphatic heterocycles. The first-order chi connectivity index (χ1) is 20.6.